The Labute approximate surface area is 246 Å². The number of carboxylic acid groups (broad SMARTS) is 1. The Hall–Kier alpha value is -3.40. The van der Waals surface area contributed by atoms with Crippen molar-refractivity contribution in [1.29, 1.82) is 0 Å². The number of unbranched alkanes of at least 4 members (excludes halogenated alkanes) is 1. The number of aromatic nitrogens is 4. The van der Waals surface area contributed by atoms with Crippen LogP contribution in [0.2, 0.25) is 10.0 Å². The molecule has 0 radical (unpaired) electrons. The Morgan fingerprint density at radius 2 is 1.71 bits per heavy atom. The topological polar surface area (TPSA) is 162 Å². The molecule has 0 aliphatic carbocycles. The highest BCUT2D eigenvalue weighted by molar-refractivity contribution is 7.99. The van der Waals surface area contributed by atoms with E-state index in [0.717, 1.165) is 23.7 Å². The SMILES string of the molecule is NCCCCC(NC(=O)OCc1ccccc1)C(=O)Cn1nnnc1Sc1c(Cl)cccc1Cl.O=C(O)C(F)(F)F. The Balaban J connectivity index is 0.000000745. The maximum atomic E-state index is 13.1. The number of rotatable bonds is 12. The maximum absolute atomic E-state index is 13.1. The number of alkyl carbamates (subject to hydrolysis) is 1. The van der Waals surface area contributed by atoms with Gasteiger partial charge in [0.1, 0.15) is 13.2 Å². The number of carbonyl (C=O) groups excluding carboxylic acids is 2. The zero-order valence-electron chi connectivity index (χ0n) is 21.2. The Morgan fingerprint density at radius 3 is 2.29 bits per heavy atom. The Morgan fingerprint density at radius 1 is 1.07 bits per heavy atom. The summed E-state index contributed by atoms with van der Waals surface area (Å²) in [6, 6.07) is 13.6. The average molecular weight is 637 g/mol. The van der Waals surface area contributed by atoms with Crippen LogP contribution in [0, 0.1) is 0 Å². The van der Waals surface area contributed by atoms with Crippen molar-refractivity contribution in [2.75, 3.05) is 6.54 Å². The van der Waals surface area contributed by atoms with E-state index in [9.17, 15) is 22.8 Å². The van der Waals surface area contributed by atoms with Crippen LogP contribution >= 0.6 is 35.0 Å². The fourth-order valence-electron chi connectivity index (χ4n) is 3.01. The van der Waals surface area contributed by atoms with Gasteiger partial charge in [-0.3, -0.25) is 4.79 Å². The molecule has 0 spiro atoms. The van der Waals surface area contributed by atoms with E-state index in [4.69, 9.17) is 43.6 Å². The highest BCUT2D eigenvalue weighted by Gasteiger charge is 2.38. The molecule has 0 aliphatic heterocycles. The molecule has 222 valence electrons. The van der Waals surface area contributed by atoms with Crippen molar-refractivity contribution in [3.8, 4) is 0 Å². The van der Waals surface area contributed by atoms with Gasteiger partial charge in [0.25, 0.3) is 0 Å². The summed E-state index contributed by atoms with van der Waals surface area (Å²) in [4.78, 5) is 34.9. The lowest BCUT2D eigenvalue weighted by atomic mass is 10.1. The van der Waals surface area contributed by atoms with Crippen molar-refractivity contribution < 1.29 is 37.4 Å². The van der Waals surface area contributed by atoms with Gasteiger partial charge in [0.05, 0.1) is 21.0 Å². The first-order chi connectivity index (χ1) is 19.4. The van der Waals surface area contributed by atoms with E-state index in [1.54, 1.807) is 18.2 Å². The second-order valence-corrected chi connectivity index (χ2v) is 9.88. The summed E-state index contributed by atoms with van der Waals surface area (Å²) in [7, 11) is 0. The van der Waals surface area contributed by atoms with Gasteiger partial charge in [0, 0.05) is 0 Å². The molecular weight excluding hydrogens is 612 g/mol. The van der Waals surface area contributed by atoms with Crippen molar-refractivity contribution in [3.05, 3.63) is 64.1 Å². The standard InChI is InChI=1S/C22H24Cl2N6O3S.C2HF3O2/c23-16-9-6-10-17(24)20(16)34-21-27-28-29-30(21)13-19(31)18(11-4-5-12-25)26-22(32)33-14-15-7-2-1-3-8-15;3-2(4,5)1(6)7/h1-3,6-10,18H,4-5,11-14,25H2,(H,26,32);(H,6,7). The number of alkyl halides is 3. The van der Waals surface area contributed by atoms with E-state index in [-0.39, 0.29) is 18.9 Å². The number of tetrazole rings is 1. The monoisotopic (exact) mass is 636 g/mol. The molecule has 0 aliphatic rings. The lowest BCUT2D eigenvalue weighted by molar-refractivity contribution is -0.192. The van der Waals surface area contributed by atoms with E-state index in [1.165, 1.54) is 4.68 Å². The summed E-state index contributed by atoms with van der Waals surface area (Å²) in [5, 5.41) is 22.6. The van der Waals surface area contributed by atoms with Crippen LogP contribution < -0.4 is 11.1 Å². The number of Topliss-reactive ketones (excluding diaryl/α,β-unsaturated/α-hetero) is 1. The molecule has 4 N–H and O–H groups in total. The third kappa shape index (κ3) is 11.9. The lowest BCUT2D eigenvalue weighted by Gasteiger charge is -2.18. The van der Waals surface area contributed by atoms with Crippen LogP contribution in [0.25, 0.3) is 0 Å². The van der Waals surface area contributed by atoms with Gasteiger partial charge >= 0.3 is 18.2 Å². The van der Waals surface area contributed by atoms with Gasteiger partial charge in [0.15, 0.2) is 5.78 Å². The molecule has 1 unspecified atom stereocenters. The molecule has 0 fully saturated rings. The summed E-state index contributed by atoms with van der Waals surface area (Å²) < 4.78 is 38.4. The summed E-state index contributed by atoms with van der Waals surface area (Å²) in [5.74, 6) is -3.03. The van der Waals surface area contributed by atoms with Crippen molar-refractivity contribution >= 4 is 52.8 Å². The number of amides is 1. The number of nitrogens with zero attached hydrogens (tertiary/aromatic N) is 4. The van der Waals surface area contributed by atoms with Crippen LogP contribution in [0.1, 0.15) is 24.8 Å². The van der Waals surface area contributed by atoms with Gasteiger partial charge in [-0.2, -0.15) is 13.2 Å². The molecule has 3 aromatic rings. The zero-order valence-corrected chi connectivity index (χ0v) is 23.5. The first-order valence-electron chi connectivity index (χ1n) is 11.8. The normalized spacial score (nSPS) is 11.7. The van der Waals surface area contributed by atoms with E-state index in [1.807, 2.05) is 30.3 Å². The predicted octanol–water partition coefficient (Wildman–Crippen LogP) is 4.76. The number of ether oxygens (including phenoxy) is 1. The van der Waals surface area contributed by atoms with Crippen molar-refractivity contribution in [2.24, 2.45) is 5.73 Å². The minimum atomic E-state index is -5.08. The molecule has 1 atom stereocenters. The Kier molecular flexibility index (Phi) is 13.8. The molecule has 17 heteroatoms. The number of hydrogen-bond acceptors (Lipinski definition) is 9. The van der Waals surface area contributed by atoms with Gasteiger partial charge < -0.3 is 20.9 Å². The lowest BCUT2D eigenvalue weighted by Crippen LogP contribution is -2.42. The maximum Gasteiger partial charge on any atom is 0.490 e. The number of hydrogen-bond donors (Lipinski definition) is 3. The van der Waals surface area contributed by atoms with Gasteiger partial charge in [-0.25, -0.2) is 14.3 Å². The smallest absolute Gasteiger partial charge is 0.475 e. The largest absolute Gasteiger partial charge is 0.490 e. The highest BCUT2D eigenvalue weighted by Crippen LogP contribution is 2.37. The van der Waals surface area contributed by atoms with E-state index >= 15 is 0 Å². The number of nitrogens with one attached hydrogen (secondary N) is 1. The number of aliphatic carboxylic acids is 1. The van der Waals surface area contributed by atoms with Crippen molar-refractivity contribution in [3.63, 3.8) is 0 Å². The van der Waals surface area contributed by atoms with Gasteiger partial charge in [0.2, 0.25) is 5.16 Å². The van der Waals surface area contributed by atoms with Gasteiger partial charge in [-0.05, 0) is 65.7 Å². The fourth-order valence-corrected chi connectivity index (χ4v) is 4.44. The zero-order chi connectivity index (χ0) is 30.4. The fraction of sp³-hybridized carbons (Fsp3) is 0.333. The van der Waals surface area contributed by atoms with Gasteiger partial charge in [-0.1, -0.05) is 59.6 Å². The number of carbonyl (C=O) groups is 3. The molecule has 0 saturated carbocycles. The summed E-state index contributed by atoms with van der Waals surface area (Å²) >= 11 is 13.6. The highest BCUT2D eigenvalue weighted by atomic mass is 35.5. The second kappa shape index (κ2) is 16.8. The number of benzene rings is 2. The quantitative estimate of drug-likeness (QED) is 0.236. The third-order valence-electron chi connectivity index (χ3n) is 5.00. The number of nitrogens with two attached hydrogens (primary N) is 1. The predicted molar refractivity (Wildman–Crippen MR) is 144 cm³/mol. The number of halogens is 5. The number of ketones is 1. The molecule has 0 bridgehead atoms. The molecule has 3 rings (SSSR count). The van der Waals surface area contributed by atoms with Crippen LogP contribution in [0.4, 0.5) is 18.0 Å². The van der Waals surface area contributed by atoms with Crippen LogP contribution in [-0.2, 0) is 27.5 Å². The average Bonchev–Trinajstić information content (AvgIpc) is 3.36. The molecular formula is C24H25Cl2F3N6O5S. The summed E-state index contributed by atoms with van der Waals surface area (Å²) in [5.41, 5.74) is 6.42. The van der Waals surface area contributed by atoms with E-state index < -0.39 is 24.3 Å². The van der Waals surface area contributed by atoms with Crippen molar-refractivity contribution in [1.82, 2.24) is 25.5 Å². The molecule has 41 heavy (non-hydrogen) atoms. The van der Waals surface area contributed by atoms with Crippen LogP contribution in [0.15, 0.2) is 58.6 Å². The van der Waals surface area contributed by atoms with E-state index in [2.05, 4.69) is 20.8 Å². The minimum Gasteiger partial charge on any atom is -0.475 e. The molecule has 11 nitrogen and oxygen atoms in total. The molecule has 0 saturated heterocycles. The summed E-state index contributed by atoms with van der Waals surface area (Å²) in [6.45, 7) is 0.443. The van der Waals surface area contributed by atoms with Crippen LogP contribution in [0.5, 0.6) is 0 Å². The Bertz CT molecular complexity index is 1280. The van der Waals surface area contributed by atoms with Gasteiger partial charge in [-0.15, -0.1) is 5.10 Å². The molecule has 1 aromatic heterocycles. The number of carboxylic acids is 1. The minimum absolute atomic E-state index is 0.1000. The van der Waals surface area contributed by atoms with Crippen LogP contribution in [0.3, 0.4) is 0 Å². The summed E-state index contributed by atoms with van der Waals surface area (Å²) in [6.07, 6.45) is -3.96. The first kappa shape index (κ1) is 33.8. The van der Waals surface area contributed by atoms with E-state index in [0.29, 0.717) is 39.5 Å². The van der Waals surface area contributed by atoms with Crippen LogP contribution in [-0.4, -0.2) is 61.9 Å². The molecule has 1 heterocycles. The second-order valence-electron chi connectivity index (χ2n) is 8.08. The molecule has 2 aromatic carbocycles. The molecule has 1 amide bonds. The third-order valence-corrected chi connectivity index (χ3v) is 6.97. The first-order valence-corrected chi connectivity index (χ1v) is 13.4. The van der Waals surface area contributed by atoms with Crippen molar-refractivity contribution in [2.45, 2.75) is 54.7 Å².